The molecule has 1 amide bonds. The Kier molecular flexibility index (Phi) is 4.77. The highest BCUT2D eigenvalue weighted by atomic mass is 35.5. The number of hydrogen-bond donors (Lipinski definition) is 1. The van der Waals surface area contributed by atoms with Gasteiger partial charge >= 0.3 is 0 Å². The summed E-state index contributed by atoms with van der Waals surface area (Å²) >= 11 is 11.6. The molecule has 2 aromatic rings. The number of rotatable bonds is 4. The number of hydrogen-bond acceptors (Lipinski definition) is 3. The van der Waals surface area contributed by atoms with Gasteiger partial charge in [0.15, 0.2) is 0 Å². The molecule has 0 spiro atoms. The van der Waals surface area contributed by atoms with Crippen LogP contribution in [0.15, 0.2) is 42.5 Å². The predicted octanol–water partition coefficient (Wildman–Crippen LogP) is 3.83. The third kappa shape index (κ3) is 3.93. The Labute approximate surface area is 130 Å². The van der Waals surface area contributed by atoms with Crippen LogP contribution in [0.1, 0.15) is 15.9 Å². The van der Waals surface area contributed by atoms with Crippen molar-refractivity contribution >= 4 is 34.8 Å². The minimum atomic E-state index is -0.474. The number of benzene rings is 2. The molecule has 0 saturated carbocycles. The van der Waals surface area contributed by atoms with Gasteiger partial charge in [-0.2, -0.15) is 0 Å². The zero-order valence-corrected chi connectivity index (χ0v) is 12.2. The number of amides is 1. The third-order valence-corrected chi connectivity index (χ3v) is 3.52. The molecule has 7 heteroatoms. The van der Waals surface area contributed by atoms with Crippen molar-refractivity contribution in [2.45, 2.75) is 6.54 Å². The second-order valence-electron chi connectivity index (χ2n) is 4.24. The summed E-state index contributed by atoms with van der Waals surface area (Å²) in [7, 11) is 0. The van der Waals surface area contributed by atoms with Gasteiger partial charge in [0, 0.05) is 24.2 Å². The quantitative estimate of drug-likeness (QED) is 0.686. The average Bonchev–Trinajstić information content (AvgIpc) is 2.48. The number of nitro groups is 1. The van der Waals surface area contributed by atoms with Crippen molar-refractivity contribution in [3.8, 4) is 0 Å². The van der Waals surface area contributed by atoms with Gasteiger partial charge in [-0.1, -0.05) is 35.3 Å². The number of carbonyl (C=O) groups excluding carboxylic acids is 1. The Morgan fingerprint density at radius 2 is 1.76 bits per heavy atom. The number of carbonyl (C=O) groups is 1. The van der Waals surface area contributed by atoms with Gasteiger partial charge in [-0.05, 0) is 23.8 Å². The second kappa shape index (κ2) is 6.56. The summed E-state index contributed by atoms with van der Waals surface area (Å²) in [6.07, 6.45) is 0. The first-order valence-corrected chi connectivity index (χ1v) is 6.69. The fourth-order valence-corrected chi connectivity index (χ4v) is 1.96. The summed E-state index contributed by atoms with van der Waals surface area (Å²) in [6, 6.07) is 10.6. The zero-order chi connectivity index (χ0) is 15.4. The largest absolute Gasteiger partial charge is 0.348 e. The molecular formula is C14H10Cl2N2O3. The summed E-state index contributed by atoms with van der Waals surface area (Å²) in [6.45, 7) is 0.261. The number of nitro benzene ring substituents is 1. The molecule has 0 fully saturated rings. The molecule has 0 atom stereocenters. The van der Waals surface area contributed by atoms with Crippen LogP contribution < -0.4 is 5.32 Å². The predicted molar refractivity (Wildman–Crippen MR) is 80.7 cm³/mol. The number of halogens is 2. The topological polar surface area (TPSA) is 72.2 Å². The second-order valence-corrected chi connectivity index (χ2v) is 5.05. The molecule has 108 valence electrons. The molecule has 0 saturated heterocycles. The van der Waals surface area contributed by atoms with Crippen molar-refractivity contribution in [1.29, 1.82) is 0 Å². The van der Waals surface area contributed by atoms with Crippen LogP contribution in [-0.4, -0.2) is 10.8 Å². The smallest absolute Gasteiger partial charge is 0.269 e. The Morgan fingerprint density at radius 1 is 1.10 bits per heavy atom. The van der Waals surface area contributed by atoms with E-state index in [2.05, 4.69) is 5.32 Å². The highest BCUT2D eigenvalue weighted by Crippen LogP contribution is 2.22. The highest BCUT2D eigenvalue weighted by Gasteiger charge is 2.08. The van der Waals surface area contributed by atoms with Crippen LogP contribution in [0.2, 0.25) is 10.0 Å². The monoisotopic (exact) mass is 324 g/mol. The first-order chi connectivity index (χ1) is 9.97. The lowest BCUT2D eigenvalue weighted by Gasteiger charge is -2.06. The van der Waals surface area contributed by atoms with E-state index in [1.165, 1.54) is 18.2 Å². The average molecular weight is 325 g/mol. The molecule has 0 radical (unpaired) electrons. The SMILES string of the molecule is O=C(NCc1ccc([N+](=O)[O-])cc1)c1ccc(Cl)c(Cl)c1. The van der Waals surface area contributed by atoms with Gasteiger partial charge in [-0.3, -0.25) is 14.9 Å². The maximum Gasteiger partial charge on any atom is 0.269 e. The summed E-state index contributed by atoms with van der Waals surface area (Å²) in [5, 5.41) is 13.9. The van der Waals surface area contributed by atoms with Crippen LogP contribution in [0.25, 0.3) is 0 Å². The minimum absolute atomic E-state index is 0.00885. The molecule has 5 nitrogen and oxygen atoms in total. The number of non-ortho nitro benzene ring substituents is 1. The molecule has 0 aliphatic carbocycles. The zero-order valence-electron chi connectivity index (χ0n) is 10.7. The van der Waals surface area contributed by atoms with E-state index in [4.69, 9.17) is 23.2 Å². The van der Waals surface area contributed by atoms with Gasteiger partial charge in [0.2, 0.25) is 0 Å². The van der Waals surface area contributed by atoms with E-state index in [-0.39, 0.29) is 18.1 Å². The van der Waals surface area contributed by atoms with Gasteiger partial charge in [0.05, 0.1) is 15.0 Å². The molecule has 0 heterocycles. The van der Waals surface area contributed by atoms with Crippen molar-refractivity contribution in [2.24, 2.45) is 0 Å². The van der Waals surface area contributed by atoms with E-state index < -0.39 is 4.92 Å². The van der Waals surface area contributed by atoms with Gasteiger partial charge in [-0.15, -0.1) is 0 Å². The first kappa shape index (κ1) is 15.3. The fraction of sp³-hybridized carbons (Fsp3) is 0.0714. The van der Waals surface area contributed by atoms with Crippen LogP contribution in [-0.2, 0) is 6.54 Å². The van der Waals surface area contributed by atoms with Gasteiger partial charge < -0.3 is 5.32 Å². The molecule has 0 unspecified atom stereocenters. The molecule has 2 rings (SSSR count). The highest BCUT2D eigenvalue weighted by molar-refractivity contribution is 6.42. The van der Waals surface area contributed by atoms with Crippen molar-refractivity contribution in [2.75, 3.05) is 0 Å². The Balaban J connectivity index is 2.00. The van der Waals surface area contributed by atoms with Gasteiger partial charge in [0.25, 0.3) is 11.6 Å². The molecule has 1 N–H and O–H groups in total. The molecule has 0 aromatic heterocycles. The molecular weight excluding hydrogens is 315 g/mol. The molecule has 0 bridgehead atoms. The summed E-state index contributed by atoms with van der Waals surface area (Å²) in [5.41, 5.74) is 1.16. The summed E-state index contributed by atoms with van der Waals surface area (Å²) in [5.74, 6) is -0.299. The Bertz CT molecular complexity index is 687. The molecule has 2 aromatic carbocycles. The van der Waals surface area contributed by atoms with Crippen LogP contribution in [0.3, 0.4) is 0 Å². The van der Waals surface area contributed by atoms with Crippen LogP contribution in [0.4, 0.5) is 5.69 Å². The van der Waals surface area contributed by atoms with E-state index in [0.29, 0.717) is 15.6 Å². The lowest BCUT2D eigenvalue weighted by atomic mass is 10.2. The van der Waals surface area contributed by atoms with Gasteiger partial charge in [-0.25, -0.2) is 0 Å². The van der Waals surface area contributed by atoms with Crippen LogP contribution >= 0.6 is 23.2 Å². The van der Waals surface area contributed by atoms with Gasteiger partial charge in [0.1, 0.15) is 0 Å². The van der Waals surface area contributed by atoms with Crippen molar-refractivity contribution in [3.05, 3.63) is 73.8 Å². The van der Waals surface area contributed by atoms with E-state index in [0.717, 1.165) is 5.56 Å². The summed E-state index contributed by atoms with van der Waals surface area (Å²) < 4.78 is 0. The van der Waals surface area contributed by atoms with Crippen molar-refractivity contribution < 1.29 is 9.72 Å². The molecule has 21 heavy (non-hydrogen) atoms. The maximum absolute atomic E-state index is 11.9. The van der Waals surface area contributed by atoms with E-state index in [1.54, 1.807) is 24.3 Å². The summed E-state index contributed by atoms with van der Waals surface area (Å²) in [4.78, 5) is 22.0. The third-order valence-electron chi connectivity index (χ3n) is 2.78. The molecule has 0 aliphatic heterocycles. The normalized spacial score (nSPS) is 10.2. The Morgan fingerprint density at radius 3 is 2.33 bits per heavy atom. The minimum Gasteiger partial charge on any atom is -0.348 e. The first-order valence-electron chi connectivity index (χ1n) is 5.94. The Hall–Kier alpha value is -2.11. The lowest BCUT2D eigenvalue weighted by molar-refractivity contribution is -0.384. The standard InChI is InChI=1S/C14H10Cl2N2O3/c15-12-6-3-10(7-13(12)16)14(19)17-8-9-1-4-11(5-2-9)18(20)21/h1-7H,8H2,(H,17,19). The molecule has 0 aliphatic rings. The van der Waals surface area contributed by atoms with E-state index in [1.807, 2.05) is 0 Å². The van der Waals surface area contributed by atoms with Crippen molar-refractivity contribution in [3.63, 3.8) is 0 Å². The van der Waals surface area contributed by atoms with E-state index >= 15 is 0 Å². The number of nitrogens with one attached hydrogen (secondary N) is 1. The number of nitrogens with zero attached hydrogens (tertiary/aromatic N) is 1. The van der Waals surface area contributed by atoms with E-state index in [9.17, 15) is 14.9 Å². The fourth-order valence-electron chi connectivity index (χ4n) is 1.66. The van der Waals surface area contributed by atoms with Crippen LogP contribution in [0.5, 0.6) is 0 Å². The lowest BCUT2D eigenvalue weighted by Crippen LogP contribution is -2.22. The van der Waals surface area contributed by atoms with Crippen LogP contribution in [0, 0.1) is 10.1 Å². The van der Waals surface area contributed by atoms with Crippen molar-refractivity contribution in [1.82, 2.24) is 5.32 Å². The maximum atomic E-state index is 11.9.